The third-order valence-electron chi connectivity index (χ3n) is 17.6. The molecule has 0 saturated carbocycles. The van der Waals surface area contributed by atoms with Gasteiger partial charge in [-0.25, -0.2) is 0 Å². The second-order valence-corrected chi connectivity index (χ2v) is 21.0. The highest BCUT2D eigenvalue weighted by Gasteiger charge is 2.56. The van der Waals surface area contributed by atoms with E-state index in [0.717, 1.165) is 0 Å². The fraction of sp³-hybridized carbons (Fsp3) is 0.0137. The summed E-state index contributed by atoms with van der Waals surface area (Å²) in [4.78, 5) is 0. The molecule has 18 bridgehead atoms. The summed E-state index contributed by atoms with van der Waals surface area (Å²) in [6.07, 6.45) is 0. The third-order valence-corrected chi connectivity index (χ3v) is 17.6. The van der Waals surface area contributed by atoms with Gasteiger partial charge in [0, 0.05) is 0 Å². The maximum atomic E-state index is 2.65. The van der Waals surface area contributed by atoms with Crippen molar-refractivity contribution in [3.05, 3.63) is 265 Å². The molecular weight excluding hydrogens is 877 g/mol. The molecule has 5 aliphatic rings. The standard InChI is InChI=1S/C73H40/c1-5-13-41(14-6-1)52-27-21-45-33-58(52)51-37-59-49-25-29-54(43-17-9-3-10-18-43)61(35-49)69-66-50-26-30-55(44-19-11-4-12-20-44)62(36-50)70-68(66)60-34-46(22-28-53(60)42-15-7-2-8-16-42)48-24-32-57-56-31-23-47(45)38-63(56)73(64(57)39-48)65(40-51)67(59)71(69)72(70)73/h1-40H. The minimum absolute atomic E-state index is 0.680. The van der Waals surface area contributed by atoms with Crippen LogP contribution in [0.4, 0.5) is 0 Å². The lowest BCUT2D eigenvalue weighted by Crippen LogP contribution is -2.27. The first-order valence-electron chi connectivity index (χ1n) is 25.7. The van der Waals surface area contributed by atoms with E-state index in [1.54, 1.807) is 0 Å². The first-order valence-corrected chi connectivity index (χ1v) is 25.7. The SMILES string of the molecule is c1ccc(-c2ccc3cc2-c2cc4c5c(c2)C26c7cc-3ccc7-c3ccc(cc32)-c2ccc(-c3ccccc3)c(c2)-c2c3c(c-5c6c2c2cc3ccc2-c2ccccc2)-c2cc-4ccc2-c2ccccc2)cc1. The molecule has 332 valence electrons. The maximum absolute atomic E-state index is 2.65. The highest BCUT2D eigenvalue weighted by Crippen LogP contribution is 2.72. The molecule has 0 heteroatoms. The molecule has 0 aromatic heterocycles. The Morgan fingerprint density at radius 1 is 0.205 bits per heavy atom. The predicted octanol–water partition coefficient (Wildman–Crippen LogP) is 19.4. The molecule has 0 nitrogen and oxygen atoms in total. The Bertz CT molecular complexity index is 4590. The second-order valence-electron chi connectivity index (χ2n) is 21.0. The molecule has 18 rings (SSSR count). The van der Waals surface area contributed by atoms with Gasteiger partial charge in [-0.05, 0) is 226 Å². The zero-order chi connectivity index (χ0) is 47.3. The van der Waals surface area contributed by atoms with Crippen LogP contribution in [0.5, 0.6) is 0 Å². The van der Waals surface area contributed by atoms with Crippen LogP contribution in [0.3, 0.4) is 0 Å². The van der Waals surface area contributed by atoms with E-state index in [4.69, 9.17) is 0 Å². The molecule has 0 aliphatic heterocycles. The maximum Gasteiger partial charge on any atom is 0.0732 e. The number of fused-ring (bicyclic) bond motifs is 19. The summed E-state index contributed by atoms with van der Waals surface area (Å²) >= 11 is 0. The predicted molar refractivity (Wildman–Crippen MR) is 304 cm³/mol. The zero-order valence-corrected chi connectivity index (χ0v) is 39.6. The molecule has 0 heterocycles. The molecule has 1 atom stereocenters. The normalized spacial score (nSPS) is 14.9. The summed E-state index contributed by atoms with van der Waals surface area (Å²) in [5, 5.41) is 5.24. The van der Waals surface area contributed by atoms with Crippen molar-refractivity contribution in [1.29, 1.82) is 0 Å². The quantitative estimate of drug-likeness (QED) is 0.165. The average Bonchev–Trinajstić information content (AvgIpc) is 3.89. The van der Waals surface area contributed by atoms with Crippen molar-refractivity contribution in [1.82, 2.24) is 0 Å². The molecule has 0 saturated heterocycles. The Kier molecular flexibility index (Phi) is 7.12. The van der Waals surface area contributed by atoms with Crippen LogP contribution in [0.15, 0.2) is 243 Å². The van der Waals surface area contributed by atoms with Gasteiger partial charge in [-0.1, -0.05) is 194 Å². The Labute approximate surface area is 423 Å². The van der Waals surface area contributed by atoms with Crippen molar-refractivity contribution in [3.8, 4) is 134 Å². The highest BCUT2D eigenvalue weighted by atomic mass is 14.6. The fourth-order valence-electron chi connectivity index (χ4n) is 14.6. The lowest BCUT2D eigenvalue weighted by Gasteiger charge is -2.36. The first kappa shape index (κ1) is 38.4. The van der Waals surface area contributed by atoms with Gasteiger partial charge in [0.2, 0.25) is 0 Å². The van der Waals surface area contributed by atoms with Crippen molar-refractivity contribution < 1.29 is 0 Å². The van der Waals surface area contributed by atoms with Gasteiger partial charge in [0.25, 0.3) is 0 Å². The van der Waals surface area contributed by atoms with Crippen LogP contribution < -0.4 is 0 Å². The lowest BCUT2D eigenvalue weighted by atomic mass is 9.65. The van der Waals surface area contributed by atoms with E-state index in [-0.39, 0.29) is 0 Å². The van der Waals surface area contributed by atoms with Crippen molar-refractivity contribution >= 4 is 21.5 Å². The Morgan fingerprint density at radius 3 is 1.21 bits per heavy atom. The summed E-state index contributed by atoms with van der Waals surface area (Å²) < 4.78 is 0. The van der Waals surface area contributed by atoms with Crippen LogP contribution in [0.2, 0.25) is 0 Å². The largest absolute Gasteiger partial charge is 0.0732 e. The summed E-state index contributed by atoms with van der Waals surface area (Å²) in [5.41, 5.74) is 35.4. The summed E-state index contributed by atoms with van der Waals surface area (Å²) in [6.45, 7) is 0. The molecule has 13 aromatic rings. The monoisotopic (exact) mass is 916 g/mol. The molecule has 0 fully saturated rings. The van der Waals surface area contributed by atoms with Gasteiger partial charge in [0.05, 0.1) is 5.41 Å². The van der Waals surface area contributed by atoms with Crippen molar-refractivity contribution in [2.45, 2.75) is 5.41 Å². The van der Waals surface area contributed by atoms with E-state index < -0.39 is 5.41 Å². The molecule has 0 N–H and O–H groups in total. The van der Waals surface area contributed by atoms with Crippen LogP contribution >= 0.6 is 0 Å². The van der Waals surface area contributed by atoms with Gasteiger partial charge in [0.15, 0.2) is 0 Å². The Balaban J connectivity index is 1.15. The number of hydrogen-bond acceptors (Lipinski definition) is 0. The molecule has 73 heavy (non-hydrogen) atoms. The molecule has 0 amide bonds. The number of hydrogen-bond donors (Lipinski definition) is 0. The Hall–Kier alpha value is -9.36. The Morgan fingerprint density at radius 2 is 0.630 bits per heavy atom. The van der Waals surface area contributed by atoms with Crippen LogP contribution in [-0.2, 0) is 5.41 Å². The zero-order valence-electron chi connectivity index (χ0n) is 39.6. The second kappa shape index (κ2) is 13.5. The van der Waals surface area contributed by atoms with E-state index in [0.29, 0.717) is 0 Å². The van der Waals surface area contributed by atoms with Gasteiger partial charge in [-0.15, -0.1) is 0 Å². The van der Waals surface area contributed by atoms with Gasteiger partial charge >= 0.3 is 0 Å². The van der Waals surface area contributed by atoms with E-state index in [1.165, 1.54) is 177 Å². The number of rotatable bonds is 4. The van der Waals surface area contributed by atoms with E-state index >= 15 is 0 Å². The molecule has 5 aliphatic carbocycles. The van der Waals surface area contributed by atoms with Gasteiger partial charge in [0.1, 0.15) is 0 Å². The third kappa shape index (κ3) is 4.73. The lowest BCUT2D eigenvalue weighted by molar-refractivity contribution is 0.802. The highest BCUT2D eigenvalue weighted by molar-refractivity contribution is 6.31. The molecule has 0 radical (unpaired) electrons. The average molecular weight is 917 g/mol. The van der Waals surface area contributed by atoms with Crippen LogP contribution in [0, 0.1) is 0 Å². The van der Waals surface area contributed by atoms with Crippen molar-refractivity contribution in [2.24, 2.45) is 0 Å². The van der Waals surface area contributed by atoms with Gasteiger partial charge < -0.3 is 0 Å². The number of benzene rings is 13. The fourth-order valence-corrected chi connectivity index (χ4v) is 14.6. The first-order chi connectivity index (χ1) is 36.2. The topological polar surface area (TPSA) is 0 Å². The van der Waals surface area contributed by atoms with Crippen molar-refractivity contribution in [3.63, 3.8) is 0 Å². The van der Waals surface area contributed by atoms with Crippen molar-refractivity contribution in [2.75, 3.05) is 0 Å². The minimum atomic E-state index is -0.680. The summed E-state index contributed by atoms with van der Waals surface area (Å²) in [7, 11) is 0. The van der Waals surface area contributed by atoms with Gasteiger partial charge in [-0.2, -0.15) is 0 Å². The van der Waals surface area contributed by atoms with Crippen LogP contribution in [0.1, 0.15) is 22.3 Å². The molecule has 13 aromatic carbocycles. The van der Waals surface area contributed by atoms with E-state index in [9.17, 15) is 0 Å². The smallest absolute Gasteiger partial charge is 0.0622 e. The summed E-state index contributed by atoms with van der Waals surface area (Å²) in [5.74, 6) is 0. The molecule has 1 spiro atoms. The van der Waals surface area contributed by atoms with E-state index in [1.807, 2.05) is 0 Å². The van der Waals surface area contributed by atoms with Gasteiger partial charge in [-0.3, -0.25) is 0 Å². The molecule has 1 unspecified atom stereocenters. The summed E-state index contributed by atoms with van der Waals surface area (Å²) in [6, 6.07) is 93.9. The van der Waals surface area contributed by atoms with E-state index in [2.05, 4.69) is 243 Å². The minimum Gasteiger partial charge on any atom is -0.0622 e. The van der Waals surface area contributed by atoms with Crippen LogP contribution in [0.25, 0.3) is 155 Å². The molecular formula is C73H40. The van der Waals surface area contributed by atoms with Crippen LogP contribution in [-0.4, -0.2) is 0 Å².